The lowest BCUT2D eigenvalue weighted by molar-refractivity contribution is 0.239. The summed E-state index contributed by atoms with van der Waals surface area (Å²) in [5.74, 6) is 1.88. The maximum Gasteiger partial charge on any atom is 0.244 e. The largest absolute Gasteiger partial charge is 0.337 e. The average molecular weight is 322 g/mol. The third-order valence-electron chi connectivity index (χ3n) is 3.56. The van der Waals surface area contributed by atoms with E-state index in [1.54, 1.807) is 0 Å². The second-order valence-electron chi connectivity index (χ2n) is 5.02. The molecule has 19 heavy (non-hydrogen) atoms. The molecule has 0 radical (unpaired) electrons. The fourth-order valence-electron chi connectivity index (χ4n) is 2.49. The SMILES string of the molecule is CC1CCCNC1c1nc(-c2cccc(Br)c2)no1. The van der Waals surface area contributed by atoms with Gasteiger partial charge in [0.05, 0.1) is 6.04 Å². The highest BCUT2D eigenvalue weighted by Gasteiger charge is 2.27. The zero-order chi connectivity index (χ0) is 13.2. The van der Waals surface area contributed by atoms with Crippen molar-refractivity contribution in [2.24, 2.45) is 5.92 Å². The second-order valence-corrected chi connectivity index (χ2v) is 5.93. The quantitative estimate of drug-likeness (QED) is 0.918. The van der Waals surface area contributed by atoms with E-state index in [2.05, 4.69) is 38.3 Å². The van der Waals surface area contributed by atoms with Gasteiger partial charge in [0.1, 0.15) is 0 Å². The molecule has 0 aliphatic carbocycles. The third-order valence-corrected chi connectivity index (χ3v) is 4.05. The Kier molecular flexibility index (Phi) is 3.66. The first-order chi connectivity index (χ1) is 9.24. The number of nitrogens with one attached hydrogen (secondary N) is 1. The van der Waals surface area contributed by atoms with E-state index in [0.29, 0.717) is 17.6 Å². The Balaban J connectivity index is 1.86. The molecular formula is C14H16BrN3O. The zero-order valence-electron chi connectivity index (χ0n) is 10.8. The van der Waals surface area contributed by atoms with Crippen molar-refractivity contribution < 1.29 is 4.52 Å². The molecule has 3 rings (SSSR count). The van der Waals surface area contributed by atoms with E-state index in [1.165, 1.54) is 12.8 Å². The van der Waals surface area contributed by atoms with Crippen molar-refractivity contribution in [1.82, 2.24) is 15.5 Å². The summed E-state index contributed by atoms with van der Waals surface area (Å²) in [5, 5.41) is 7.55. The first-order valence-corrected chi connectivity index (χ1v) is 7.36. The molecule has 0 amide bonds. The summed E-state index contributed by atoms with van der Waals surface area (Å²) < 4.78 is 6.44. The van der Waals surface area contributed by atoms with Gasteiger partial charge in [-0.1, -0.05) is 40.1 Å². The Bertz CT molecular complexity index is 569. The molecular weight excluding hydrogens is 306 g/mol. The highest BCUT2D eigenvalue weighted by molar-refractivity contribution is 9.10. The van der Waals surface area contributed by atoms with Gasteiger partial charge in [-0.05, 0) is 37.4 Å². The summed E-state index contributed by atoms with van der Waals surface area (Å²) in [6.45, 7) is 3.24. The number of hydrogen-bond acceptors (Lipinski definition) is 4. The van der Waals surface area contributed by atoms with Crippen LogP contribution in [0.25, 0.3) is 11.4 Å². The van der Waals surface area contributed by atoms with Crippen molar-refractivity contribution in [3.05, 3.63) is 34.6 Å². The lowest BCUT2D eigenvalue weighted by Crippen LogP contribution is -2.33. The van der Waals surface area contributed by atoms with E-state index in [0.717, 1.165) is 16.6 Å². The minimum Gasteiger partial charge on any atom is -0.337 e. The van der Waals surface area contributed by atoms with Gasteiger partial charge in [-0.15, -0.1) is 0 Å². The first kappa shape index (κ1) is 12.8. The highest BCUT2D eigenvalue weighted by Crippen LogP contribution is 2.29. The standard InChI is InChI=1S/C14H16BrN3O/c1-9-4-3-7-16-12(9)14-17-13(18-19-14)10-5-2-6-11(15)8-10/h2,5-6,8-9,12,16H,3-4,7H2,1H3. The number of piperidine rings is 1. The van der Waals surface area contributed by atoms with Gasteiger partial charge in [0.15, 0.2) is 0 Å². The van der Waals surface area contributed by atoms with Crippen LogP contribution in [-0.2, 0) is 0 Å². The summed E-state index contributed by atoms with van der Waals surface area (Å²) in [4.78, 5) is 4.53. The molecule has 5 heteroatoms. The van der Waals surface area contributed by atoms with Gasteiger partial charge in [-0.2, -0.15) is 4.98 Å². The molecule has 0 saturated carbocycles. The van der Waals surface area contributed by atoms with Crippen molar-refractivity contribution in [1.29, 1.82) is 0 Å². The average Bonchev–Trinajstić information content (AvgIpc) is 2.89. The van der Waals surface area contributed by atoms with Crippen LogP contribution in [0.4, 0.5) is 0 Å². The van der Waals surface area contributed by atoms with Crippen molar-refractivity contribution in [2.45, 2.75) is 25.8 Å². The number of rotatable bonds is 2. The van der Waals surface area contributed by atoms with Crippen LogP contribution in [-0.4, -0.2) is 16.7 Å². The molecule has 1 aromatic heterocycles. The molecule has 0 bridgehead atoms. The molecule has 1 aliphatic heterocycles. The van der Waals surface area contributed by atoms with Gasteiger partial charge in [0.2, 0.25) is 11.7 Å². The van der Waals surface area contributed by atoms with E-state index in [9.17, 15) is 0 Å². The second kappa shape index (κ2) is 5.43. The van der Waals surface area contributed by atoms with Gasteiger partial charge < -0.3 is 9.84 Å². The summed E-state index contributed by atoms with van der Waals surface area (Å²) >= 11 is 3.45. The summed E-state index contributed by atoms with van der Waals surface area (Å²) in [6, 6.07) is 8.11. The van der Waals surface area contributed by atoms with Gasteiger partial charge in [-0.25, -0.2) is 0 Å². The maximum absolute atomic E-state index is 5.43. The Morgan fingerprint density at radius 3 is 3.11 bits per heavy atom. The van der Waals surface area contributed by atoms with Crippen LogP contribution in [0.3, 0.4) is 0 Å². The molecule has 0 spiro atoms. The zero-order valence-corrected chi connectivity index (χ0v) is 12.4. The molecule has 1 fully saturated rings. The molecule has 1 aromatic carbocycles. The summed E-state index contributed by atoms with van der Waals surface area (Å²) in [7, 11) is 0. The molecule has 1 N–H and O–H groups in total. The lowest BCUT2D eigenvalue weighted by Gasteiger charge is -2.26. The molecule has 100 valence electrons. The number of aromatic nitrogens is 2. The van der Waals surface area contributed by atoms with Crippen LogP contribution in [0, 0.1) is 5.92 Å². The Morgan fingerprint density at radius 2 is 2.32 bits per heavy atom. The van der Waals surface area contributed by atoms with Crippen LogP contribution in [0.2, 0.25) is 0 Å². The van der Waals surface area contributed by atoms with Crippen molar-refractivity contribution in [2.75, 3.05) is 6.54 Å². The van der Waals surface area contributed by atoms with E-state index < -0.39 is 0 Å². The molecule has 2 heterocycles. The predicted octanol–water partition coefficient (Wildman–Crippen LogP) is 3.56. The van der Waals surface area contributed by atoms with E-state index in [-0.39, 0.29) is 6.04 Å². The topological polar surface area (TPSA) is 51.0 Å². The van der Waals surface area contributed by atoms with Crippen LogP contribution in [0.5, 0.6) is 0 Å². The Labute approximate surface area is 120 Å². The number of halogens is 1. The van der Waals surface area contributed by atoms with Crippen LogP contribution in [0.15, 0.2) is 33.3 Å². The first-order valence-electron chi connectivity index (χ1n) is 6.57. The molecule has 2 atom stereocenters. The minimum absolute atomic E-state index is 0.183. The van der Waals surface area contributed by atoms with Crippen LogP contribution >= 0.6 is 15.9 Å². The van der Waals surface area contributed by atoms with Crippen molar-refractivity contribution in [3.63, 3.8) is 0 Å². The Hall–Kier alpha value is -1.20. The fourth-order valence-corrected chi connectivity index (χ4v) is 2.89. The third kappa shape index (κ3) is 2.72. The molecule has 1 aliphatic rings. The van der Waals surface area contributed by atoms with Gasteiger partial charge in [0, 0.05) is 10.0 Å². The van der Waals surface area contributed by atoms with Crippen molar-refractivity contribution >= 4 is 15.9 Å². The van der Waals surface area contributed by atoms with Gasteiger partial charge in [-0.3, -0.25) is 0 Å². The Morgan fingerprint density at radius 1 is 1.42 bits per heavy atom. The van der Waals surface area contributed by atoms with Gasteiger partial charge >= 0.3 is 0 Å². The minimum atomic E-state index is 0.183. The normalized spacial score (nSPS) is 23.5. The lowest BCUT2D eigenvalue weighted by atomic mass is 9.93. The smallest absolute Gasteiger partial charge is 0.244 e. The number of hydrogen-bond donors (Lipinski definition) is 1. The number of nitrogens with zero attached hydrogens (tertiary/aromatic N) is 2. The summed E-state index contributed by atoms with van der Waals surface area (Å²) in [5.41, 5.74) is 0.966. The molecule has 4 nitrogen and oxygen atoms in total. The van der Waals surface area contributed by atoms with Crippen LogP contribution in [0.1, 0.15) is 31.7 Å². The number of benzene rings is 1. The van der Waals surface area contributed by atoms with Gasteiger partial charge in [0.25, 0.3) is 0 Å². The maximum atomic E-state index is 5.43. The van der Waals surface area contributed by atoms with E-state index in [4.69, 9.17) is 4.52 Å². The fraction of sp³-hybridized carbons (Fsp3) is 0.429. The van der Waals surface area contributed by atoms with Crippen LogP contribution < -0.4 is 5.32 Å². The van der Waals surface area contributed by atoms with E-state index >= 15 is 0 Å². The highest BCUT2D eigenvalue weighted by atomic mass is 79.9. The monoisotopic (exact) mass is 321 g/mol. The summed E-state index contributed by atoms with van der Waals surface area (Å²) in [6.07, 6.45) is 2.41. The molecule has 2 unspecified atom stereocenters. The predicted molar refractivity (Wildman–Crippen MR) is 76.6 cm³/mol. The molecule has 2 aromatic rings. The van der Waals surface area contributed by atoms with E-state index in [1.807, 2.05) is 24.3 Å². The van der Waals surface area contributed by atoms with Crippen molar-refractivity contribution in [3.8, 4) is 11.4 Å². The molecule has 1 saturated heterocycles.